The standard InChI is InChI=1S/C18H18F3N3O4/c1-26-13-6-10(7-14(27-2)17(13)28-3)12-9-15-22-11(4-5-18(19,20)21)8-16(25)24(15)23-12/h6-9,23H,4-5H2,1-3H3. The summed E-state index contributed by atoms with van der Waals surface area (Å²) in [6.45, 7) is 0. The van der Waals surface area contributed by atoms with Crippen LogP contribution in [0.25, 0.3) is 16.9 Å². The molecule has 150 valence electrons. The molecule has 1 aromatic carbocycles. The maximum Gasteiger partial charge on any atom is 0.389 e. The number of halogens is 3. The van der Waals surface area contributed by atoms with Crippen LogP contribution in [-0.4, -0.2) is 42.1 Å². The average molecular weight is 397 g/mol. The molecule has 7 nitrogen and oxygen atoms in total. The van der Waals surface area contributed by atoms with Crippen molar-refractivity contribution in [3.8, 4) is 28.5 Å². The normalized spacial score (nSPS) is 11.6. The van der Waals surface area contributed by atoms with Gasteiger partial charge in [-0.15, -0.1) is 0 Å². The zero-order valence-corrected chi connectivity index (χ0v) is 15.4. The predicted molar refractivity (Wildman–Crippen MR) is 95.3 cm³/mol. The van der Waals surface area contributed by atoms with Gasteiger partial charge in [-0.1, -0.05) is 0 Å². The lowest BCUT2D eigenvalue weighted by atomic mass is 10.1. The number of hydrogen-bond donors (Lipinski definition) is 1. The largest absolute Gasteiger partial charge is 0.493 e. The van der Waals surface area contributed by atoms with Crippen molar-refractivity contribution in [3.63, 3.8) is 0 Å². The number of H-pyrrole nitrogens is 1. The number of nitrogens with zero attached hydrogens (tertiary/aromatic N) is 2. The molecule has 3 aromatic rings. The minimum Gasteiger partial charge on any atom is -0.493 e. The number of aryl methyl sites for hydroxylation is 1. The zero-order chi connectivity index (χ0) is 20.5. The molecule has 0 bridgehead atoms. The van der Waals surface area contributed by atoms with E-state index in [4.69, 9.17) is 14.2 Å². The van der Waals surface area contributed by atoms with Crippen LogP contribution in [0.4, 0.5) is 13.2 Å². The molecule has 0 radical (unpaired) electrons. The molecule has 0 fully saturated rings. The minimum absolute atomic E-state index is 0.0813. The highest BCUT2D eigenvalue weighted by molar-refractivity contribution is 5.71. The minimum atomic E-state index is -4.31. The van der Waals surface area contributed by atoms with Crippen molar-refractivity contribution in [1.82, 2.24) is 14.6 Å². The van der Waals surface area contributed by atoms with E-state index in [0.717, 1.165) is 10.6 Å². The molecule has 0 saturated carbocycles. The van der Waals surface area contributed by atoms with Crippen molar-refractivity contribution >= 4 is 5.65 Å². The Bertz CT molecular complexity index is 1030. The van der Waals surface area contributed by atoms with Gasteiger partial charge < -0.3 is 14.2 Å². The lowest BCUT2D eigenvalue weighted by molar-refractivity contribution is -0.134. The van der Waals surface area contributed by atoms with Crippen LogP contribution in [0.5, 0.6) is 17.2 Å². The highest BCUT2D eigenvalue weighted by Gasteiger charge is 2.27. The first-order valence-electron chi connectivity index (χ1n) is 8.24. The first-order valence-corrected chi connectivity index (χ1v) is 8.24. The fraction of sp³-hybridized carbons (Fsp3) is 0.333. The molecule has 0 aliphatic carbocycles. The second kappa shape index (κ2) is 7.45. The maximum atomic E-state index is 12.4. The SMILES string of the molecule is COc1cc(-c2cc3nc(CCC(F)(F)F)cc(=O)n3[nH]2)cc(OC)c1OC. The second-order valence-corrected chi connectivity index (χ2v) is 5.98. The Hall–Kier alpha value is -3.17. The summed E-state index contributed by atoms with van der Waals surface area (Å²) in [5.41, 5.74) is 0.931. The molecule has 0 unspecified atom stereocenters. The van der Waals surface area contributed by atoms with Crippen LogP contribution in [0.3, 0.4) is 0 Å². The molecule has 0 atom stereocenters. The topological polar surface area (TPSA) is 77.8 Å². The van der Waals surface area contributed by atoms with E-state index >= 15 is 0 Å². The molecule has 2 heterocycles. The summed E-state index contributed by atoms with van der Waals surface area (Å²) in [4.78, 5) is 16.4. The number of nitrogens with one attached hydrogen (secondary N) is 1. The van der Waals surface area contributed by atoms with Gasteiger partial charge in [0.25, 0.3) is 5.56 Å². The molecule has 3 rings (SSSR count). The molecule has 2 aromatic heterocycles. The van der Waals surface area contributed by atoms with Gasteiger partial charge in [0, 0.05) is 29.8 Å². The fourth-order valence-electron chi connectivity index (χ4n) is 2.82. The molecule has 0 amide bonds. The molecule has 10 heteroatoms. The van der Waals surface area contributed by atoms with E-state index in [9.17, 15) is 18.0 Å². The van der Waals surface area contributed by atoms with E-state index in [2.05, 4.69) is 10.1 Å². The zero-order valence-electron chi connectivity index (χ0n) is 15.4. The number of benzene rings is 1. The fourth-order valence-corrected chi connectivity index (χ4v) is 2.82. The van der Waals surface area contributed by atoms with Gasteiger partial charge in [0.1, 0.15) is 0 Å². The van der Waals surface area contributed by atoms with E-state index in [-0.39, 0.29) is 17.8 Å². The summed E-state index contributed by atoms with van der Waals surface area (Å²) < 4.78 is 54.4. The molecule has 1 N–H and O–H groups in total. The number of hydrogen-bond acceptors (Lipinski definition) is 5. The number of methoxy groups -OCH3 is 3. The summed E-state index contributed by atoms with van der Waals surface area (Å²) in [6, 6.07) is 6.02. The number of fused-ring (bicyclic) bond motifs is 1. The van der Waals surface area contributed by atoms with Gasteiger partial charge in [-0.25, -0.2) is 9.50 Å². The van der Waals surface area contributed by atoms with Crippen LogP contribution in [0.15, 0.2) is 29.1 Å². The smallest absolute Gasteiger partial charge is 0.389 e. The lowest BCUT2D eigenvalue weighted by Gasteiger charge is -2.13. The summed E-state index contributed by atoms with van der Waals surface area (Å²) in [5, 5.41) is 2.89. The van der Waals surface area contributed by atoms with Crippen molar-refractivity contribution in [2.75, 3.05) is 21.3 Å². The molecule has 28 heavy (non-hydrogen) atoms. The molecule has 0 aliphatic rings. The molecule has 0 saturated heterocycles. The van der Waals surface area contributed by atoms with E-state index in [0.29, 0.717) is 28.5 Å². The Kier molecular flexibility index (Phi) is 5.21. The van der Waals surface area contributed by atoms with Gasteiger partial charge in [0.2, 0.25) is 5.75 Å². The van der Waals surface area contributed by atoms with E-state index < -0.39 is 18.2 Å². The van der Waals surface area contributed by atoms with Crippen LogP contribution in [-0.2, 0) is 6.42 Å². The van der Waals surface area contributed by atoms with Gasteiger partial charge in [0.15, 0.2) is 17.1 Å². The quantitative estimate of drug-likeness (QED) is 0.691. The lowest BCUT2D eigenvalue weighted by Crippen LogP contribution is -2.17. The highest BCUT2D eigenvalue weighted by atomic mass is 19.4. The highest BCUT2D eigenvalue weighted by Crippen LogP contribution is 2.40. The number of aromatic amines is 1. The summed E-state index contributed by atoms with van der Waals surface area (Å²) in [7, 11) is 4.44. The van der Waals surface area contributed by atoms with Gasteiger partial charge in [-0.2, -0.15) is 13.2 Å². The first-order chi connectivity index (χ1) is 13.3. The Labute approximate surface area is 157 Å². The molecule has 0 spiro atoms. The Morgan fingerprint density at radius 2 is 1.68 bits per heavy atom. The van der Waals surface area contributed by atoms with E-state index in [1.807, 2.05) is 0 Å². The molecular formula is C18H18F3N3O4. The van der Waals surface area contributed by atoms with Crippen molar-refractivity contribution < 1.29 is 27.4 Å². The van der Waals surface area contributed by atoms with Gasteiger partial charge in [0.05, 0.1) is 27.0 Å². The third kappa shape index (κ3) is 3.90. The number of aromatic nitrogens is 3. The van der Waals surface area contributed by atoms with Crippen molar-refractivity contribution in [1.29, 1.82) is 0 Å². The Morgan fingerprint density at radius 3 is 2.21 bits per heavy atom. The first kappa shape index (κ1) is 19.6. The third-order valence-corrected chi connectivity index (χ3v) is 4.14. The summed E-state index contributed by atoms with van der Waals surface area (Å²) in [6.07, 6.45) is -5.72. The van der Waals surface area contributed by atoms with Crippen LogP contribution in [0, 0.1) is 0 Å². The third-order valence-electron chi connectivity index (χ3n) is 4.14. The Balaban J connectivity index is 2.05. The van der Waals surface area contributed by atoms with E-state index in [1.165, 1.54) is 21.3 Å². The predicted octanol–water partition coefficient (Wildman–Crippen LogP) is 3.21. The average Bonchev–Trinajstić information content (AvgIpc) is 3.09. The van der Waals surface area contributed by atoms with Crippen molar-refractivity contribution in [2.24, 2.45) is 0 Å². The summed E-state index contributed by atoms with van der Waals surface area (Å²) >= 11 is 0. The van der Waals surface area contributed by atoms with Gasteiger partial charge in [-0.05, 0) is 18.6 Å². The maximum absolute atomic E-state index is 12.4. The van der Waals surface area contributed by atoms with Crippen LogP contribution >= 0.6 is 0 Å². The monoisotopic (exact) mass is 397 g/mol. The van der Waals surface area contributed by atoms with Gasteiger partial charge >= 0.3 is 6.18 Å². The number of rotatable bonds is 6. The van der Waals surface area contributed by atoms with Gasteiger partial charge in [-0.3, -0.25) is 9.89 Å². The Morgan fingerprint density at radius 1 is 1.04 bits per heavy atom. The molecule has 0 aliphatic heterocycles. The number of alkyl halides is 3. The van der Waals surface area contributed by atoms with Crippen LogP contribution in [0.2, 0.25) is 0 Å². The van der Waals surface area contributed by atoms with Crippen molar-refractivity contribution in [2.45, 2.75) is 19.0 Å². The number of ether oxygens (including phenoxy) is 3. The molecular weight excluding hydrogens is 379 g/mol. The van der Waals surface area contributed by atoms with Crippen LogP contribution < -0.4 is 19.8 Å². The van der Waals surface area contributed by atoms with Crippen LogP contribution in [0.1, 0.15) is 12.1 Å². The van der Waals surface area contributed by atoms with E-state index in [1.54, 1.807) is 18.2 Å². The summed E-state index contributed by atoms with van der Waals surface area (Å²) in [5.74, 6) is 1.25. The van der Waals surface area contributed by atoms with Crippen molar-refractivity contribution in [3.05, 3.63) is 40.3 Å². The second-order valence-electron chi connectivity index (χ2n) is 5.98.